The molecule has 0 unspecified atom stereocenters. The topological polar surface area (TPSA) is 95.3 Å². The van der Waals surface area contributed by atoms with Crippen molar-refractivity contribution in [2.75, 3.05) is 27.2 Å². The SMILES string of the molecule is CCNC(=O)NCCc1c(C(=O)NC)[nH]c2ccc(OC)cc12. The van der Waals surface area contributed by atoms with Gasteiger partial charge in [-0.15, -0.1) is 0 Å². The highest BCUT2D eigenvalue weighted by Gasteiger charge is 2.17. The van der Waals surface area contributed by atoms with Crippen LogP contribution in [0.15, 0.2) is 18.2 Å². The number of rotatable bonds is 6. The Kier molecular flexibility index (Phi) is 5.46. The zero-order chi connectivity index (χ0) is 16.8. The fraction of sp³-hybridized carbons (Fsp3) is 0.375. The van der Waals surface area contributed by atoms with Gasteiger partial charge in [0, 0.05) is 31.0 Å². The van der Waals surface area contributed by atoms with Crippen LogP contribution in [-0.4, -0.2) is 44.2 Å². The van der Waals surface area contributed by atoms with E-state index in [4.69, 9.17) is 4.74 Å². The standard InChI is InChI=1S/C16H22N4O3/c1-4-18-16(22)19-8-7-11-12-9-10(23-3)5-6-13(12)20-14(11)15(21)17-2/h5-6,9,20H,4,7-8H2,1-3H3,(H,17,21)(H2,18,19,22). The molecule has 124 valence electrons. The van der Waals surface area contributed by atoms with Crippen molar-refractivity contribution >= 4 is 22.8 Å². The molecule has 4 N–H and O–H groups in total. The number of fused-ring (bicyclic) bond motifs is 1. The van der Waals surface area contributed by atoms with Gasteiger partial charge in [0.25, 0.3) is 5.91 Å². The molecule has 0 aliphatic carbocycles. The maximum absolute atomic E-state index is 12.1. The molecule has 0 aliphatic heterocycles. The molecule has 3 amide bonds. The average molecular weight is 318 g/mol. The molecule has 0 radical (unpaired) electrons. The number of methoxy groups -OCH3 is 1. The highest BCUT2D eigenvalue weighted by atomic mass is 16.5. The van der Waals surface area contributed by atoms with Crippen LogP contribution in [0.4, 0.5) is 4.79 Å². The highest BCUT2D eigenvalue weighted by Crippen LogP contribution is 2.27. The number of amides is 3. The first-order chi connectivity index (χ1) is 11.1. The van der Waals surface area contributed by atoms with Crippen LogP contribution >= 0.6 is 0 Å². The average Bonchev–Trinajstić information content (AvgIpc) is 2.92. The van der Waals surface area contributed by atoms with Crippen LogP contribution in [0.3, 0.4) is 0 Å². The molecule has 0 bridgehead atoms. The number of hydrogen-bond donors (Lipinski definition) is 4. The number of hydrogen-bond acceptors (Lipinski definition) is 3. The smallest absolute Gasteiger partial charge is 0.314 e. The zero-order valence-corrected chi connectivity index (χ0v) is 13.6. The minimum absolute atomic E-state index is 0.187. The van der Waals surface area contributed by atoms with Crippen LogP contribution in [-0.2, 0) is 6.42 Å². The molecule has 1 aromatic heterocycles. The monoisotopic (exact) mass is 318 g/mol. The molecule has 0 aliphatic rings. The van der Waals surface area contributed by atoms with Gasteiger partial charge in [-0.1, -0.05) is 0 Å². The third-order valence-electron chi connectivity index (χ3n) is 3.57. The number of aromatic nitrogens is 1. The van der Waals surface area contributed by atoms with Crippen LogP contribution < -0.4 is 20.7 Å². The highest BCUT2D eigenvalue weighted by molar-refractivity contribution is 6.01. The molecule has 7 nitrogen and oxygen atoms in total. The molecular formula is C16H22N4O3. The first-order valence-electron chi connectivity index (χ1n) is 7.53. The summed E-state index contributed by atoms with van der Waals surface area (Å²) in [6, 6.07) is 5.39. The summed E-state index contributed by atoms with van der Waals surface area (Å²) in [5.74, 6) is 0.533. The van der Waals surface area contributed by atoms with Crippen LogP contribution in [0, 0.1) is 0 Å². The van der Waals surface area contributed by atoms with E-state index in [0.29, 0.717) is 25.2 Å². The van der Waals surface area contributed by atoms with Crippen LogP contribution in [0.25, 0.3) is 10.9 Å². The van der Waals surface area contributed by atoms with Crippen molar-refractivity contribution in [1.82, 2.24) is 20.9 Å². The summed E-state index contributed by atoms with van der Waals surface area (Å²) >= 11 is 0. The number of carbonyl (C=O) groups is 2. The Labute approximate surface area is 134 Å². The van der Waals surface area contributed by atoms with Crippen molar-refractivity contribution in [2.45, 2.75) is 13.3 Å². The van der Waals surface area contributed by atoms with E-state index in [1.54, 1.807) is 14.2 Å². The van der Waals surface area contributed by atoms with Gasteiger partial charge in [0.05, 0.1) is 7.11 Å². The van der Waals surface area contributed by atoms with Crippen molar-refractivity contribution < 1.29 is 14.3 Å². The Bertz CT molecular complexity index is 709. The van der Waals surface area contributed by atoms with E-state index in [0.717, 1.165) is 22.2 Å². The molecule has 0 atom stereocenters. The van der Waals surface area contributed by atoms with E-state index in [1.807, 2.05) is 25.1 Å². The minimum Gasteiger partial charge on any atom is -0.497 e. The Morgan fingerprint density at radius 2 is 2.04 bits per heavy atom. The Morgan fingerprint density at radius 1 is 1.26 bits per heavy atom. The molecule has 7 heteroatoms. The van der Waals surface area contributed by atoms with Gasteiger partial charge in [0.15, 0.2) is 0 Å². The summed E-state index contributed by atoms with van der Waals surface area (Å²) in [5, 5.41) is 8.99. The number of H-pyrrole nitrogens is 1. The van der Waals surface area contributed by atoms with Crippen molar-refractivity contribution in [3.8, 4) is 5.75 Å². The van der Waals surface area contributed by atoms with Gasteiger partial charge in [-0.05, 0) is 37.1 Å². The number of carbonyl (C=O) groups excluding carboxylic acids is 2. The van der Waals surface area contributed by atoms with Crippen molar-refractivity contribution in [3.05, 3.63) is 29.5 Å². The summed E-state index contributed by atoms with van der Waals surface area (Å²) in [4.78, 5) is 26.7. The van der Waals surface area contributed by atoms with Gasteiger partial charge in [-0.25, -0.2) is 4.79 Å². The van der Waals surface area contributed by atoms with Gasteiger partial charge in [0.2, 0.25) is 0 Å². The minimum atomic E-state index is -0.216. The second-order valence-electron chi connectivity index (χ2n) is 5.01. The number of urea groups is 1. The Morgan fingerprint density at radius 3 is 2.70 bits per heavy atom. The Hall–Kier alpha value is -2.70. The molecule has 2 aromatic rings. The van der Waals surface area contributed by atoms with E-state index in [9.17, 15) is 9.59 Å². The van der Waals surface area contributed by atoms with Crippen molar-refractivity contribution in [2.24, 2.45) is 0 Å². The van der Waals surface area contributed by atoms with E-state index in [1.165, 1.54) is 0 Å². The fourth-order valence-corrected chi connectivity index (χ4v) is 2.46. The lowest BCUT2D eigenvalue weighted by Crippen LogP contribution is -2.36. The molecule has 1 aromatic carbocycles. The normalized spacial score (nSPS) is 10.4. The second-order valence-corrected chi connectivity index (χ2v) is 5.01. The predicted octanol–water partition coefficient (Wildman–Crippen LogP) is 1.40. The molecule has 0 fully saturated rings. The molecule has 0 saturated heterocycles. The fourth-order valence-electron chi connectivity index (χ4n) is 2.46. The van der Waals surface area contributed by atoms with E-state index < -0.39 is 0 Å². The van der Waals surface area contributed by atoms with Gasteiger partial charge in [0.1, 0.15) is 11.4 Å². The van der Waals surface area contributed by atoms with Gasteiger partial charge >= 0.3 is 6.03 Å². The van der Waals surface area contributed by atoms with E-state index in [-0.39, 0.29) is 11.9 Å². The van der Waals surface area contributed by atoms with Crippen LogP contribution in [0.2, 0.25) is 0 Å². The molecule has 0 saturated carbocycles. The molecule has 0 spiro atoms. The maximum atomic E-state index is 12.1. The summed E-state index contributed by atoms with van der Waals surface area (Å²) in [5.41, 5.74) is 2.22. The molecule has 1 heterocycles. The maximum Gasteiger partial charge on any atom is 0.314 e. The summed E-state index contributed by atoms with van der Waals surface area (Å²) in [7, 11) is 3.19. The quantitative estimate of drug-likeness (QED) is 0.648. The summed E-state index contributed by atoms with van der Waals surface area (Å²) in [6.45, 7) is 2.86. The summed E-state index contributed by atoms with van der Waals surface area (Å²) < 4.78 is 5.25. The van der Waals surface area contributed by atoms with Gasteiger partial charge in [-0.3, -0.25) is 4.79 Å². The first-order valence-corrected chi connectivity index (χ1v) is 7.53. The lowest BCUT2D eigenvalue weighted by atomic mass is 10.1. The zero-order valence-electron chi connectivity index (χ0n) is 13.6. The van der Waals surface area contributed by atoms with Gasteiger partial charge in [-0.2, -0.15) is 0 Å². The van der Waals surface area contributed by atoms with Crippen LogP contribution in [0.1, 0.15) is 23.0 Å². The third kappa shape index (κ3) is 3.74. The van der Waals surface area contributed by atoms with Crippen molar-refractivity contribution in [3.63, 3.8) is 0 Å². The molecule has 23 heavy (non-hydrogen) atoms. The van der Waals surface area contributed by atoms with E-state index in [2.05, 4.69) is 20.9 Å². The largest absolute Gasteiger partial charge is 0.497 e. The Balaban J connectivity index is 2.29. The molecule has 2 rings (SSSR count). The summed E-state index contributed by atoms with van der Waals surface area (Å²) in [6.07, 6.45) is 0.535. The van der Waals surface area contributed by atoms with Crippen LogP contribution in [0.5, 0.6) is 5.75 Å². The number of nitrogens with one attached hydrogen (secondary N) is 4. The van der Waals surface area contributed by atoms with E-state index >= 15 is 0 Å². The third-order valence-corrected chi connectivity index (χ3v) is 3.57. The second kappa shape index (κ2) is 7.53. The first kappa shape index (κ1) is 16.7. The number of aromatic amines is 1. The lowest BCUT2D eigenvalue weighted by Gasteiger charge is -2.07. The molecular weight excluding hydrogens is 296 g/mol. The predicted molar refractivity (Wildman–Crippen MR) is 89.0 cm³/mol. The lowest BCUT2D eigenvalue weighted by molar-refractivity contribution is 0.0958. The number of benzene rings is 1. The van der Waals surface area contributed by atoms with Gasteiger partial charge < -0.3 is 25.7 Å². The number of ether oxygens (including phenoxy) is 1. The van der Waals surface area contributed by atoms with Crippen molar-refractivity contribution in [1.29, 1.82) is 0 Å².